The minimum atomic E-state index is -3.84. The van der Waals surface area contributed by atoms with Crippen LogP contribution in [0.1, 0.15) is 18.6 Å². The molecule has 1 amide bonds. The largest absolute Gasteiger partial charge is 0.492 e. The summed E-state index contributed by atoms with van der Waals surface area (Å²) in [5, 5.41) is 4.33. The average Bonchev–Trinajstić information content (AvgIpc) is 3.34. The summed E-state index contributed by atoms with van der Waals surface area (Å²) >= 11 is 1.03. The molecule has 1 heterocycles. The molecule has 0 radical (unpaired) electrons. The van der Waals surface area contributed by atoms with E-state index in [9.17, 15) is 18.0 Å². The van der Waals surface area contributed by atoms with Crippen LogP contribution in [0, 0.1) is 0 Å². The van der Waals surface area contributed by atoms with Crippen LogP contribution in [0.25, 0.3) is 0 Å². The van der Waals surface area contributed by atoms with E-state index in [0.29, 0.717) is 23.6 Å². The summed E-state index contributed by atoms with van der Waals surface area (Å²) in [5.41, 5.74) is 0.864. The Labute approximate surface area is 190 Å². The first kappa shape index (κ1) is 23.5. The first-order chi connectivity index (χ1) is 15.4. The number of para-hydroxylation sites is 2. The first-order valence-electron chi connectivity index (χ1n) is 9.71. The van der Waals surface area contributed by atoms with Crippen LogP contribution in [0.4, 0.5) is 5.69 Å². The van der Waals surface area contributed by atoms with Crippen molar-refractivity contribution in [2.24, 2.45) is 0 Å². The monoisotopic (exact) mass is 474 g/mol. The van der Waals surface area contributed by atoms with E-state index in [1.165, 1.54) is 6.07 Å². The SMILES string of the molecule is CCOc1ccccc1NC(=O)C(OC(=O)CNS(=O)(=O)c1cccs1)c1ccccc1. The van der Waals surface area contributed by atoms with E-state index in [1.54, 1.807) is 66.0 Å². The van der Waals surface area contributed by atoms with Crippen molar-refractivity contribution in [2.75, 3.05) is 18.5 Å². The molecule has 0 saturated heterocycles. The Bertz CT molecular complexity index is 1150. The topological polar surface area (TPSA) is 111 Å². The number of carbonyl (C=O) groups excluding carboxylic acids is 2. The lowest BCUT2D eigenvalue weighted by molar-refractivity contribution is -0.153. The van der Waals surface area contributed by atoms with Crippen molar-refractivity contribution in [2.45, 2.75) is 17.2 Å². The molecule has 0 spiro atoms. The van der Waals surface area contributed by atoms with E-state index in [2.05, 4.69) is 10.0 Å². The molecule has 8 nitrogen and oxygen atoms in total. The summed E-state index contributed by atoms with van der Waals surface area (Å²) in [7, 11) is -3.84. The zero-order valence-electron chi connectivity index (χ0n) is 17.2. The zero-order chi connectivity index (χ0) is 23.0. The van der Waals surface area contributed by atoms with Crippen LogP contribution in [0.5, 0.6) is 5.75 Å². The molecule has 1 atom stereocenters. The van der Waals surface area contributed by atoms with E-state index >= 15 is 0 Å². The normalized spacial score (nSPS) is 12.0. The number of nitrogens with one attached hydrogen (secondary N) is 2. The molecule has 3 rings (SSSR count). The molecule has 0 saturated carbocycles. The van der Waals surface area contributed by atoms with E-state index < -0.39 is 34.5 Å². The van der Waals surface area contributed by atoms with Gasteiger partial charge in [0.2, 0.25) is 6.10 Å². The zero-order valence-corrected chi connectivity index (χ0v) is 18.8. The second kappa shape index (κ2) is 10.9. The van der Waals surface area contributed by atoms with Gasteiger partial charge in [-0.2, -0.15) is 4.72 Å². The van der Waals surface area contributed by atoms with Gasteiger partial charge in [-0.25, -0.2) is 8.42 Å². The number of sulfonamides is 1. The van der Waals surface area contributed by atoms with Gasteiger partial charge in [-0.15, -0.1) is 11.3 Å². The van der Waals surface area contributed by atoms with Crippen LogP contribution in [0.3, 0.4) is 0 Å². The standard InChI is InChI=1S/C22H22N2O6S2/c1-2-29-18-12-7-6-11-17(18)24-22(26)21(16-9-4-3-5-10-16)30-19(25)15-23-32(27,28)20-13-8-14-31-20/h3-14,21,23H,2,15H2,1H3,(H,24,26). The number of benzene rings is 2. The van der Waals surface area contributed by atoms with Gasteiger partial charge in [-0.3, -0.25) is 9.59 Å². The molecule has 0 aliphatic rings. The molecular formula is C22H22N2O6S2. The van der Waals surface area contributed by atoms with E-state index in [1.807, 2.05) is 6.92 Å². The molecule has 0 aliphatic heterocycles. The number of ether oxygens (including phenoxy) is 2. The summed E-state index contributed by atoms with van der Waals surface area (Å²) in [6, 6.07) is 18.4. The highest BCUT2D eigenvalue weighted by atomic mass is 32.2. The van der Waals surface area contributed by atoms with Gasteiger partial charge < -0.3 is 14.8 Å². The van der Waals surface area contributed by atoms with Crippen molar-refractivity contribution in [3.8, 4) is 5.75 Å². The predicted molar refractivity (Wildman–Crippen MR) is 121 cm³/mol. The van der Waals surface area contributed by atoms with E-state index in [4.69, 9.17) is 9.47 Å². The number of amides is 1. The van der Waals surface area contributed by atoms with Gasteiger partial charge in [0.05, 0.1) is 12.3 Å². The Morgan fingerprint density at radius 2 is 1.72 bits per heavy atom. The highest BCUT2D eigenvalue weighted by Gasteiger charge is 2.27. The van der Waals surface area contributed by atoms with Crippen LogP contribution in [0.2, 0.25) is 0 Å². The third-order valence-electron chi connectivity index (χ3n) is 4.20. The maximum absolute atomic E-state index is 13.0. The van der Waals surface area contributed by atoms with Crippen LogP contribution in [0.15, 0.2) is 76.3 Å². The second-order valence-corrected chi connectivity index (χ2v) is 9.40. The van der Waals surface area contributed by atoms with Crippen LogP contribution < -0.4 is 14.8 Å². The Balaban J connectivity index is 1.74. The molecule has 10 heteroatoms. The van der Waals surface area contributed by atoms with E-state index in [-0.39, 0.29) is 4.21 Å². The number of carbonyl (C=O) groups is 2. The third-order valence-corrected chi connectivity index (χ3v) is 7.00. The summed E-state index contributed by atoms with van der Waals surface area (Å²) < 4.78 is 37.6. The molecule has 0 fully saturated rings. The van der Waals surface area contributed by atoms with Gasteiger partial charge in [-0.1, -0.05) is 48.5 Å². The van der Waals surface area contributed by atoms with Crippen LogP contribution in [-0.2, 0) is 24.3 Å². The minimum absolute atomic E-state index is 0.0789. The van der Waals surface area contributed by atoms with Crippen molar-refractivity contribution < 1.29 is 27.5 Å². The number of hydrogen-bond acceptors (Lipinski definition) is 7. The Hall–Kier alpha value is -3.21. The van der Waals surface area contributed by atoms with Crippen molar-refractivity contribution in [1.82, 2.24) is 4.72 Å². The molecule has 2 aromatic carbocycles. The lowest BCUT2D eigenvalue weighted by atomic mass is 10.1. The van der Waals surface area contributed by atoms with Gasteiger partial charge in [-0.05, 0) is 30.5 Å². The van der Waals surface area contributed by atoms with Crippen LogP contribution in [-0.4, -0.2) is 33.4 Å². The molecule has 1 aromatic heterocycles. The molecule has 2 N–H and O–H groups in total. The summed E-state index contributed by atoms with van der Waals surface area (Å²) in [6.07, 6.45) is -1.29. The Morgan fingerprint density at radius 3 is 2.41 bits per heavy atom. The number of anilines is 1. The van der Waals surface area contributed by atoms with Crippen molar-refractivity contribution in [3.05, 3.63) is 77.7 Å². The summed E-state index contributed by atoms with van der Waals surface area (Å²) in [6.45, 7) is 1.62. The molecule has 168 valence electrons. The van der Waals surface area contributed by atoms with Gasteiger partial charge in [0.1, 0.15) is 16.5 Å². The Morgan fingerprint density at radius 1 is 1.00 bits per heavy atom. The van der Waals surface area contributed by atoms with Crippen LogP contribution >= 0.6 is 11.3 Å². The number of hydrogen-bond donors (Lipinski definition) is 2. The molecule has 1 unspecified atom stereocenters. The number of rotatable bonds is 10. The molecular weight excluding hydrogens is 452 g/mol. The quantitative estimate of drug-likeness (QED) is 0.436. The fourth-order valence-corrected chi connectivity index (χ4v) is 4.77. The smallest absolute Gasteiger partial charge is 0.322 e. The van der Waals surface area contributed by atoms with E-state index in [0.717, 1.165) is 11.3 Å². The summed E-state index contributed by atoms with van der Waals surface area (Å²) in [4.78, 5) is 25.4. The fraction of sp³-hybridized carbons (Fsp3) is 0.182. The average molecular weight is 475 g/mol. The molecule has 3 aromatic rings. The summed E-state index contributed by atoms with van der Waals surface area (Å²) in [5.74, 6) is -1.02. The van der Waals surface area contributed by atoms with Gasteiger partial charge in [0.15, 0.2) is 0 Å². The highest BCUT2D eigenvalue weighted by Crippen LogP contribution is 2.26. The van der Waals surface area contributed by atoms with Crippen molar-refractivity contribution in [1.29, 1.82) is 0 Å². The molecule has 0 aliphatic carbocycles. The number of esters is 1. The predicted octanol–water partition coefficient (Wildman–Crippen LogP) is 3.35. The maximum Gasteiger partial charge on any atom is 0.322 e. The minimum Gasteiger partial charge on any atom is -0.492 e. The lowest BCUT2D eigenvalue weighted by Crippen LogP contribution is -2.33. The highest BCUT2D eigenvalue weighted by molar-refractivity contribution is 7.91. The van der Waals surface area contributed by atoms with Gasteiger partial charge >= 0.3 is 5.97 Å². The van der Waals surface area contributed by atoms with Gasteiger partial charge in [0.25, 0.3) is 15.9 Å². The van der Waals surface area contributed by atoms with Gasteiger partial charge in [0, 0.05) is 5.56 Å². The third kappa shape index (κ3) is 6.16. The second-order valence-electron chi connectivity index (χ2n) is 6.46. The maximum atomic E-state index is 13.0. The van der Waals surface area contributed by atoms with Crippen molar-refractivity contribution in [3.63, 3.8) is 0 Å². The fourth-order valence-electron chi connectivity index (χ4n) is 2.76. The molecule has 0 bridgehead atoms. The first-order valence-corrected chi connectivity index (χ1v) is 12.1. The Kier molecular flexibility index (Phi) is 7.98. The number of thiophene rings is 1. The lowest BCUT2D eigenvalue weighted by Gasteiger charge is -2.19. The molecule has 32 heavy (non-hydrogen) atoms. The van der Waals surface area contributed by atoms with Crippen molar-refractivity contribution >= 4 is 38.9 Å².